The lowest BCUT2D eigenvalue weighted by atomic mass is 10.2. The molecule has 0 radical (unpaired) electrons. The Hall–Kier alpha value is -1.57. The van der Waals surface area contributed by atoms with Crippen LogP contribution < -0.4 is 0 Å². The molecule has 0 aliphatic carbocycles. The molecule has 0 saturated carbocycles. The number of nitrogens with zero attached hydrogens (tertiary/aromatic N) is 1. The molecule has 0 spiro atoms. The maximum Gasteiger partial charge on any atom is 0.376 e. The van der Waals surface area contributed by atoms with Gasteiger partial charge < -0.3 is 4.74 Å². The van der Waals surface area contributed by atoms with Crippen molar-refractivity contribution in [3.05, 3.63) is 48.2 Å². The summed E-state index contributed by atoms with van der Waals surface area (Å²) in [7, 11) is 0. The van der Waals surface area contributed by atoms with Crippen LogP contribution in [0.4, 0.5) is 0 Å². The summed E-state index contributed by atoms with van der Waals surface area (Å²) in [6.07, 6.45) is 4.33. The molecule has 0 bridgehead atoms. The van der Waals surface area contributed by atoms with Gasteiger partial charge in [-0.1, -0.05) is 18.2 Å². The Morgan fingerprint density at radius 2 is 1.88 bits per heavy atom. The third kappa shape index (κ3) is 2.16. The first-order valence-corrected chi connectivity index (χ1v) is 5.74. The molecule has 1 heterocycles. The highest BCUT2D eigenvalue weighted by Crippen LogP contribution is 2.12. The van der Waals surface area contributed by atoms with Crippen LogP contribution in [-0.4, -0.2) is 22.6 Å². The zero-order valence-corrected chi connectivity index (χ0v) is 10.1. The van der Waals surface area contributed by atoms with Gasteiger partial charge in [-0.3, -0.25) is 0 Å². The Morgan fingerprint density at radius 3 is 2.50 bits per heavy atom. The number of hydrogen-bond acceptors (Lipinski definition) is 1. The number of benzene rings is 1. The zero-order valence-electron chi connectivity index (χ0n) is 10.1. The van der Waals surface area contributed by atoms with Crippen LogP contribution in [0.5, 0.6) is 0 Å². The van der Waals surface area contributed by atoms with Crippen LogP contribution in [0.15, 0.2) is 42.6 Å². The lowest BCUT2D eigenvalue weighted by Gasteiger charge is -2.17. The summed E-state index contributed by atoms with van der Waals surface area (Å²) in [5.41, 5.74) is 1.13. The van der Waals surface area contributed by atoms with Crippen molar-refractivity contribution in [3.8, 4) is 0 Å². The lowest BCUT2D eigenvalue weighted by molar-refractivity contribution is -0.504. The molecule has 1 aliphatic rings. The highest BCUT2D eigenvalue weighted by molar-refractivity contribution is 5.90. The molecule has 1 atom stereocenters. The summed E-state index contributed by atoms with van der Waals surface area (Å²) in [4.78, 5) is 0. The number of ether oxygens (including phenoxy) is 1. The smallest absolute Gasteiger partial charge is 0.376 e. The predicted molar refractivity (Wildman–Crippen MR) is 65.6 cm³/mol. The van der Waals surface area contributed by atoms with Crippen LogP contribution in [0.2, 0.25) is 0 Å². The molecule has 0 N–H and O–H groups in total. The van der Waals surface area contributed by atoms with Gasteiger partial charge in [0, 0.05) is 6.08 Å². The minimum atomic E-state index is 0.144. The van der Waals surface area contributed by atoms with E-state index in [9.17, 15) is 0 Å². The Balaban J connectivity index is 2.45. The van der Waals surface area contributed by atoms with Gasteiger partial charge in [-0.25, -0.2) is 0 Å². The maximum atomic E-state index is 5.90. The van der Waals surface area contributed by atoms with Crippen molar-refractivity contribution in [1.82, 2.24) is 0 Å². The van der Waals surface area contributed by atoms with Gasteiger partial charge in [-0.05, 0) is 32.9 Å². The summed E-state index contributed by atoms with van der Waals surface area (Å²) < 4.78 is 8.06. The van der Waals surface area contributed by atoms with E-state index >= 15 is 0 Å². The van der Waals surface area contributed by atoms with Crippen molar-refractivity contribution < 1.29 is 9.31 Å². The Morgan fingerprint density at radius 1 is 1.19 bits per heavy atom. The molecule has 0 fully saturated rings. The molecule has 0 aromatic heterocycles. The van der Waals surface area contributed by atoms with Crippen molar-refractivity contribution in [2.75, 3.05) is 0 Å². The molecule has 16 heavy (non-hydrogen) atoms. The fourth-order valence-electron chi connectivity index (χ4n) is 1.76. The van der Waals surface area contributed by atoms with Gasteiger partial charge >= 0.3 is 5.90 Å². The molecule has 1 aromatic carbocycles. The van der Waals surface area contributed by atoms with Crippen LogP contribution >= 0.6 is 0 Å². The number of hydrogen-bond donors (Lipinski definition) is 0. The van der Waals surface area contributed by atoms with Crippen LogP contribution in [0.25, 0.3) is 0 Å². The molecule has 0 saturated heterocycles. The molecular weight excluding hydrogens is 198 g/mol. The fraction of sp³-hybridized carbons (Fsp3) is 0.357. The summed E-state index contributed by atoms with van der Waals surface area (Å²) in [6, 6.07) is 10.7. The van der Waals surface area contributed by atoms with E-state index in [-0.39, 0.29) is 6.10 Å². The normalized spacial score (nSPS) is 20.1. The van der Waals surface area contributed by atoms with Gasteiger partial charge in [0.1, 0.15) is 6.10 Å². The van der Waals surface area contributed by atoms with Gasteiger partial charge in [-0.15, -0.1) is 0 Å². The molecule has 0 amide bonds. The highest BCUT2D eigenvalue weighted by atomic mass is 16.5. The second-order valence-electron chi connectivity index (χ2n) is 4.34. The summed E-state index contributed by atoms with van der Waals surface area (Å²) in [5, 5.41) is 0. The zero-order chi connectivity index (χ0) is 11.5. The second-order valence-corrected chi connectivity index (χ2v) is 4.34. The van der Waals surface area contributed by atoms with Gasteiger partial charge in [-0.2, -0.15) is 4.58 Å². The Kier molecular flexibility index (Phi) is 3.09. The first-order chi connectivity index (χ1) is 7.68. The average Bonchev–Trinajstić information content (AvgIpc) is 2.29. The third-order valence-electron chi connectivity index (χ3n) is 2.63. The van der Waals surface area contributed by atoms with Crippen molar-refractivity contribution in [2.45, 2.75) is 32.9 Å². The second kappa shape index (κ2) is 4.52. The average molecular weight is 216 g/mol. The molecule has 2 nitrogen and oxygen atoms in total. The maximum absolute atomic E-state index is 5.90. The van der Waals surface area contributed by atoms with Crippen LogP contribution in [0.3, 0.4) is 0 Å². The van der Waals surface area contributed by atoms with E-state index in [0.29, 0.717) is 6.04 Å². The van der Waals surface area contributed by atoms with E-state index in [1.807, 2.05) is 18.2 Å². The predicted octanol–water partition coefficient (Wildman–Crippen LogP) is 2.79. The van der Waals surface area contributed by atoms with Gasteiger partial charge in [0.25, 0.3) is 0 Å². The topological polar surface area (TPSA) is 12.2 Å². The highest BCUT2D eigenvalue weighted by Gasteiger charge is 2.25. The SMILES string of the molecule is CC1C=C[N+](C(C)C)=C(c2ccccc2)O1. The number of rotatable bonds is 2. The van der Waals surface area contributed by atoms with E-state index < -0.39 is 0 Å². The van der Waals surface area contributed by atoms with Gasteiger partial charge in [0.2, 0.25) is 0 Å². The molecule has 2 heteroatoms. The first kappa shape index (κ1) is 10.9. The monoisotopic (exact) mass is 216 g/mol. The molecule has 1 aliphatic heterocycles. The Labute approximate surface area is 96.9 Å². The van der Waals surface area contributed by atoms with Crippen LogP contribution in [0, 0.1) is 0 Å². The van der Waals surface area contributed by atoms with Crippen LogP contribution in [0.1, 0.15) is 26.3 Å². The fourth-order valence-corrected chi connectivity index (χ4v) is 1.76. The van der Waals surface area contributed by atoms with E-state index in [0.717, 1.165) is 11.5 Å². The van der Waals surface area contributed by atoms with Crippen molar-refractivity contribution >= 4 is 5.90 Å². The first-order valence-electron chi connectivity index (χ1n) is 5.74. The molecule has 1 aromatic rings. The van der Waals surface area contributed by atoms with E-state index in [1.54, 1.807) is 0 Å². The van der Waals surface area contributed by atoms with Crippen LogP contribution in [-0.2, 0) is 4.74 Å². The van der Waals surface area contributed by atoms with Crippen molar-refractivity contribution in [2.24, 2.45) is 0 Å². The summed E-state index contributed by atoms with van der Waals surface area (Å²) in [6.45, 7) is 6.37. The van der Waals surface area contributed by atoms with E-state index in [4.69, 9.17) is 4.74 Å². The minimum absolute atomic E-state index is 0.144. The summed E-state index contributed by atoms with van der Waals surface area (Å²) >= 11 is 0. The lowest BCUT2D eigenvalue weighted by Crippen LogP contribution is -2.32. The largest absolute Gasteiger partial charge is 0.436 e. The molecule has 84 valence electrons. The quantitative estimate of drug-likeness (QED) is 0.692. The summed E-state index contributed by atoms with van der Waals surface area (Å²) in [5.74, 6) is 0.950. The van der Waals surface area contributed by atoms with E-state index in [2.05, 4.69) is 49.8 Å². The van der Waals surface area contributed by atoms with Crippen molar-refractivity contribution in [1.29, 1.82) is 0 Å². The van der Waals surface area contributed by atoms with E-state index in [1.165, 1.54) is 0 Å². The molecule has 1 unspecified atom stereocenters. The standard InChI is InChI=1S/C14H18NO/c1-11(2)15-10-9-12(3)16-14(15)13-7-5-4-6-8-13/h4-12H,1-3H3/q+1. The van der Waals surface area contributed by atoms with Gasteiger partial charge in [0.15, 0.2) is 12.2 Å². The Bertz CT molecular complexity index is 418. The molecule has 2 rings (SSSR count). The van der Waals surface area contributed by atoms with Gasteiger partial charge in [0.05, 0.1) is 5.56 Å². The van der Waals surface area contributed by atoms with Crippen molar-refractivity contribution in [3.63, 3.8) is 0 Å². The molecular formula is C14H18NO+. The minimum Gasteiger partial charge on any atom is -0.436 e. The third-order valence-corrected chi connectivity index (χ3v) is 2.63.